The van der Waals surface area contributed by atoms with Crippen molar-refractivity contribution < 1.29 is 18.0 Å². The summed E-state index contributed by atoms with van der Waals surface area (Å²) < 4.78 is 28.9. The summed E-state index contributed by atoms with van der Waals surface area (Å²) in [6.45, 7) is 14.2. The van der Waals surface area contributed by atoms with Crippen molar-refractivity contribution in [3.8, 4) is 0 Å². The van der Waals surface area contributed by atoms with Crippen molar-refractivity contribution in [3.05, 3.63) is 29.3 Å². The highest BCUT2D eigenvalue weighted by molar-refractivity contribution is 7.89. The summed E-state index contributed by atoms with van der Waals surface area (Å²) in [6.07, 6.45) is 4.78. The van der Waals surface area contributed by atoms with Crippen LogP contribution in [-0.4, -0.2) is 61.7 Å². The summed E-state index contributed by atoms with van der Waals surface area (Å²) in [5.41, 5.74) is 1.08. The molecule has 2 amide bonds. The Morgan fingerprint density at radius 3 is 2.44 bits per heavy atom. The molecule has 0 spiro atoms. The van der Waals surface area contributed by atoms with Crippen molar-refractivity contribution in [1.29, 1.82) is 0 Å². The Kier molecular flexibility index (Phi) is 7.34. The molecule has 1 aromatic carbocycles. The van der Waals surface area contributed by atoms with E-state index < -0.39 is 10.0 Å². The number of hydrogen-bond donors (Lipinski definition) is 1. The fourth-order valence-electron chi connectivity index (χ4n) is 7.19. The molecule has 7 nitrogen and oxygen atoms in total. The minimum Gasteiger partial charge on any atom is -0.348 e. The molecular formula is C28H43N3O4S. The molecule has 4 unspecified atom stereocenters. The maximum Gasteiger partial charge on any atom is 0.251 e. The Hall–Kier alpha value is -1.93. The second-order valence-electron chi connectivity index (χ2n) is 12.0. The third kappa shape index (κ3) is 4.60. The fourth-order valence-corrected chi connectivity index (χ4v) is 8.97. The smallest absolute Gasteiger partial charge is 0.251 e. The number of benzene rings is 1. The predicted molar refractivity (Wildman–Crippen MR) is 141 cm³/mol. The highest BCUT2D eigenvalue weighted by Gasteiger charge is 2.59. The zero-order valence-electron chi connectivity index (χ0n) is 22.8. The van der Waals surface area contributed by atoms with Crippen LogP contribution in [0.1, 0.15) is 82.6 Å². The molecule has 1 heterocycles. The van der Waals surface area contributed by atoms with Crippen LogP contribution in [0, 0.1) is 29.6 Å². The lowest BCUT2D eigenvalue weighted by Gasteiger charge is -2.43. The first-order chi connectivity index (χ1) is 16.8. The Balaban J connectivity index is 1.55. The third-order valence-electron chi connectivity index (χ3n) is 9.42. The van der Waals surface area contributed by atoms with Gasteiger partial charge in [-0.3, -0.25) is 9.59 Å². The summed E-state index contributed by atoms with van der Waals surface area (Å²) in [5.74, 6) is 0.0760. The van der Waals surface area contributed by atoms with Crippen LogP contribution in [0.15, 0.2) is 23.1 Å². The quantitative estimate of drug-likeness (QED) is 0.587. The first-order valence-electron chi connectivity index (χ1n) is 13.6. The van der Waals surface area contributed by atoms with Crippen molar-refractivity contribution in [1.82, 2.24) is 14.5 Å². The van der Waals surface area contributed by atoms with Crippen LogP contribution in [0.5, 0.6) is 0 Å². The zero-order valence-corrected chi connectivity index (χ0v) is 23.6. The minimum absolute atomic E-state index is 0.0163. The maximum atomic E-state index is 13.7. The molecule has 0 radical (unpaired) electrons. The molecule has 1 aliphatic heterocycles. The molecule has 4 atom stereocenters. The van der Waals surface area contributed by atoms with E-state index in [2.05, 4.69) is 26.1 Å². The van der Waals surface area contributed by atoms with E-state index >= 15 is 0 Å². The molecule has 36 heavy (non-hydrogen) atoms. The van der Waals surface area contributed by atoms with E-state index in [1.807, 2.05) is 13.8 Å². The van der Waals surface area contributed by atoms with Crippen LogP contribution >= 0.6 is 0 Å². The summed E-state index contributed by atoms with van der Waals surface area (Å²) in [6, 6.07) is 5.03. The van der Waals surface area contributed by atoms with Gasteiger partial charge in [0.1, 0.15) is 0 Å². The van der Waals surface area contributed by atoms with Gasteiger partial charge in [-0.05, 0) is 87.3 Å². The molecule has 200 valence electrons. The molecule has 3 fully saturated rings. The first-order valence-corrected chi connectivity index (χ1v) is 15.0. The van der Waals surface area contributed by atoms with Crippen molar-refractivity contribution in [3.63, 3.8) is 0 Å². The third-order valence-corrected chi connectivity index (χ3v) is 11.4. The molecule has 2 bridgehead atoms. The fraction of sp³-hybridized carbons (Fsp3) is 0.714. The van der Waals surface area contributed by atoms with Crippen molar-refractivity contribution >= 4 is 21.8 Å². The predicted octanol–water partition coefficient (Wildman–Crippen LogP) is 4.21. The first kappa shape index (κ1) is 27.1. The van der Waals surface area contributed by atoms with Gasteiger partial charge in [-0.15, -0.1) is 0 Å². The van der Waals surface area contributed by atoms with Crippen LogP contribution < -0.4 is 5.32 Å². The molecule has 0 aromatic heterocycles. The number of carbonyl (C=O) groups excluding carboxylic acids is 2. The molecule has 8 heteroatoms. The summed E-state index contributed by atoms with van der Waals surface area (Å²) in [5, 5.41) is 3.28. The van der Waals surface area contributed by atoms with E-state index in [0.717, 1.165) is 12.8 Å². The molecule has 1 aromatic rings. The van der Waals surface area contributed by atoms with E-state index in [4.69, 9.17) is 0 Å². The van der Waals surface area contributed by atoms with Gasteiger partial charge in [0, 0.05) is 37.8 Å². The lowest BCUT2D eigenvalue weighted by Crippen LogP contribution is -2.52. The number of aryl methyl sites for hydroxylation is 1. The average Bonchev–Trinajstić information content (AvgIpc) is 3.33. The standard InChI is InChI=1S/C28H43N3O4S/c1-7-30(8-2)25(33)21-10-9-15-31(18-21)36(34,35)23-16-20(12-11-19(23)3)24(32)29-26-27(4,5)22-13-14-28(26,6)17-22/h11-12,16,21-22,26H,7-10,13-15,17-18H2,1-6H3,(H,29,32). The lowest BCUT2D eigenvalue weighted by molar-refractivity contribution is -0.136. The van der Waals surface area contributed by atoms with Gasteiger partial charge in [0.15, 0.2) is 0 Å². The Morgan fingerprint density at radius 2 is 1.83 bits per heavy atom. The lowest BCUT2D eigenvalue weighted by atomic mass is 9.68. The second-order valence-corrected chi connectivity index (χ2v) is 13.9. The monoisotopic (exact) mass is 517 g/mol. The SMILES string of the molecule is CCN(CC)C(=O)C1CCCN(S(=O)(=O)c2cc(C(=O)NC3C4(C)CCC(C4)C3(C)C)ccc2C)C1. The molecule has 3 aliphatic rings. The van der Waals surface area contributed by atoms with Crippen LogP contribution in [0.25, 0.3) is 0 Å². The van der Waals surface area contributed by atoms with Gasteiger partial charge < -0.3 is 10.2 Å². The van der Waals surface area contributed by atoms with Gasteiger partial charge in [-0.2, -0.15) is 4.31 Å². The highest BCUT2D eigenvalue weighted by atomic mass is 32.2. The van der Waals surface area contributed by atoms with Gasteiger partial charge >= 0.3 is 0 Å². The average molecular weight is 518 g/mol. The molecule has 4 rings (SSSR count). The summed E-state index contributed by atoms with van der Waals surface area (Å²) >= 11 is 0. The van der Waals surface area contributed by atoms with E-state index in [-0.39, 0.29) is 46.0 Å². The van der Waals surface area contributed by atoms with Gasteiger partial charge in [0.25, 0.3) is 5.91 Å². The molecule has 1 N–H and O–H groups in total. The minimum atomic E-state index is -3.84. The molecule has 2 aliphatic carbocycles. The van der Waals surface area contributed by atoms with Gasteiger partial charge in [0.2, 0.25) is 15.9 Å². The maximum absolute atomic E-state index is 13.7. The number of amides is 2. The van der Waals surface area contributed by atoms with Crippen molar-refractivity contribution in [2.75, 3.05) is 26.2 Å². The normalized spacial score (nSPS) is 29.8. The molecule has 2 saturated carbocycles. The van der Waals surface area contributed by atoms with Gasteiger partial charge in [0.05, 0.1) is 10.8 Å². The van der Waals surface area contributed by atoms with Gasteiger partial charge in [-0.1, -0.05) is 26.8 Å². The Morgan fingerprint density at radius 1 is 1.14 bits per heavy atom. The summed E-state index contributed by atoms with van der Waals surface area (Å²) in [4.78, 5) is 28.2. The van der Waals surface area contributed by atoms with E-state index in [9.17, 15) is 18.0 Å². The van der Waals surface area contributed by atoms with Crippen LogP contribution in [0.2, 0.25) is 0 Å². The summed E-state index contributed by atoms with van der Waals surface area (Å²) in [7, 11) is -3.84. The van der Waals surface area contributed by atoms with Crippen LogP contribution in [0.4, 0.5) is 0 Å². The number of piperidine rings is 1. The number of nitrogens with one attached hydrogen (secondary N) is 1. The number of carbonyl (C=O) groups is 2. The van der Waals surface area contributed by atoms with Crippen LogP contribution in [-0.2, 0) is 14.8 Å². The number of rotatable bonds is 7. The van der Waals surface area contributed by atoms with Crippen molar-refractivity contribution in [2.45, 2.75) is 84.6 Å². The highest BCUT2D eigenvalue weighted by Crippen LogP contribution is 2.62. The Bertz CT molecular complexity index is 1120. The van der Waals surface area contributed by atoms with Crippen molar-refractivity contribution in [2.24, 2.45) is 22.7 Å². The van der Waals surface area contributed by atoms with E-state index in [0.29, 0.717) is 49.5 Å². The van der Waals surface area contributed by atoms with Gasteiger partial charge in [-0.25, -0.2) is 8.42 Å². The zero-order chi connectivity index (χ0) is 26.5. The topological polar surface area (TPSA) is 86.8 Å². The molecule has 1 saturated heterocycles. The second kappa shape index (κ2) is 9.75. The van der Waals surface area contributed by atoms with Crippen LogP contribution in [0.3, 0.4) is 0 Å². The number of fused-ring (bicyclic) bond motifs is 2. The van der Waals surface area contributed by atoms with E-state index in [1.54, 1.807) is 24.0 Å². The number of nitrogens with zero attached hydrogens (tertiary/aromatic N) is 2. The number of hydrogen-bond acceptors (Lipinski definition) is 4. The Labute approximate surface area is 217 Å². The largest absolute Gasteiger partial charge is 0.348 e. The number of sulfonamides is 1. The van der Waals surface area contributed by atoms with E-state index in [1.165, 1.54) is 16.8 Å². The molecular weight excluding hydrogens is 474 g/mol.